The molecule has 3 heterocycles. The summed E-state index contributed by atoms with van der Waals surface area (Å²) in [5, 5.41) is 9.51. The molecule has 0 saturated carbocycles. The number of aromatic nitrogens is 5. The number of nitriles is 1. The molecule has 0 spiro atoms. The molecular weight excluding hydrogens is 471 g/mol. The van der Waals surface area contributed by atoms with E-state index in [2.05, 4.69) is 26.0 Å². The average Bonchev–Trinajstić information content (AvgIpc) is 3.32. The second kappa shape index (κ2) is 9.65. The Hall–Kier alpha value is -4.46. The van der Waals surface area contributed by atoms with E-state index >= 15 is 0 Å². The van der Waals surface area contributed by atoms with Gasteiger partial charge in [-0.05, 0) is 62.7 Å². The zero-order chi connectivity index (χ0) is 26.0. The number of benzene rings is 1. The summed E-state index contributed by atoms with van der Waals surface area (Å²) in [7, 11) is 0. The third kappa shape index (κ3) is 4.98. The summed E-state index contributed by atoms with van der Waals surface area (Å²) in [4.78, 5) is 16.7. The van der Waals surface area contributed by atoms with Crippen molar-refractivity contribution < 1.29 is 17.9 Å². The maximum Gasteiger partial charge on any atom is 0.280 e. The first-order valence-corrected chi connectivity index (χ1v) is 10.9. The molecule has 36 heavy (non-hydrogen) atoms. The Morgan fingerprint density at radius 2 is 1.83 bits per heavy atom. The molecule has 0 atom stereocenters. The summed E-state index contributed by atoms with van der Waals surface area (Å²) in [5.41, 5.74) is 6.36. The SMILES string of the molecule is Cc1cc(-c2c(OCc3nccn3C(C)(C)C#N)nc(N)nc2-c2ccc(F)cc2)cc(C(F)F)n1. The van der Waals surface area contributed by atoms with Gasteiger partial charge in [-0.1, -0.05) is 0 Å². The first kappa shape index (κ1) is 24.7. The number of hydrogen-bond donors (Lipinski definition) is 1. The second-order valence-electron chi connectivity index (χ2n) is 8.51. The molecule has 0 fully saturated rings. The number of aryl methyl sites for hydroxylation is 1. The van der Waals surface area contributed by atoms with Gasteiger partial charge in [0.1, 0.15) is 29.5 Å². The van der Waals surface area contributed by atoms with Crippen LogP contribution in [0.2, 0.25) is 0 Å². The largest absolute Gasteiger partial charge is 0.469 e. The van der Waals surface area contributed by atoms with Crippen LogP contribution in [0.4, 0.5) is 19.1 Å². The average molecular weight is 493 g/mol. The number of nitrogens with zero attached hydrogens (tertiary/aromatic N) is 6. The highest BCUT2D eigenvalue weighted by atomic mass is 19.3. The summed E-state index contributed by atoms with van der Waals surface area (Å²) in [6.45, 7) is 4.94. The van der Waals surface area contributed by atoms with Crippen molar-refractivity contribution in [3.05, 3.63) is 71.8 Å². The van der Waals surface area contributed by atoms with Gasteiger partial charge in [-0.3, -0.25) is 4.98 Å². The van der Waals surface area contributed by atoms with E-state index in [4.69, 9.17) is 10.5 Å². The predicted octanol–water partition coefficient (Wildman–Crippen LogP) is 5.21. The number of anilines is 1. The van der Waals surface area contributed by atoms with E-state index in [0.29, 0.717) is 22.6 Å². The lowest BCUT2D eigenvalue weighted by Gasteiger charge is -2.21. The van der Waals surface area contributed by atoms with E-state index < -0.39 is 23.5 Å². The van der Waals surface area contributed by atoms with Crippen molar-refractivity contribution in [3.63, 3.8) is 0 Å². The van der Waals surface area contributed by atoms with Gasteiger partial charge in [0, 0.05) is 23.7 Å². The molecule has 0 aliphatic carbocycles. The molecule has 0 bridgehead atoms. The van der Waals surface area contributed by atoms with Crippen LogP contribution in [0.3, 0.4) is 0 Å². The van der Waals surface area contributed by atoms with E-state index in [1.165, 1.54) is 36.5 Å². The Labute approximate surface area is 205 Å². The number of halogens is 3. The van der Waals surface area contributed by atoms with Crippen molar-refractivity contribution in [2.24, 2.45) is 0 Å². The van der Waals surface area contributed by atoms with Crippen LogP contribution in [0.25, 0.3) is 22.4 Å². The molecule has 0 aliphatic heterocycles. The Balaban J connectivity index is 1.88. The van der Waals surface area contributed by atoms with Crippen molar-refractivity contribution in [1.29, 1.82) is 5.26 Å². The number of nitrogen functional groups attached to an aromatic ring is 1. The molecular formula is C25H22F3N7O. The van der Waals surface area contributed by atoms with Crippen LogP contribution >= 0.6 is 0 Å². The summed E-state index contributed by atoms with van der Waals surface area (Å²) >= 11 is 0. The molecule has 2 N–H and O–H groups in total. The zero-order valence-corrected chi connectivity index (χ0v) is 19.7. The Kier molecular flexibility index (Phi) is 6.61. The van der Waals surface area contributed by atoms with E-state index in [1.807, 2.05) is 0 Å². The molecule has 11 heteroatoms. The monoisotopic (exact) mass is 493 g/mol. The van der Waals surface area contributed by atoms with E-state index in [9.17, 15) is 18.4 Å². The summed E-state index contributed by atoms with van der Waals surface area (Å²) < 4.78 is 48.4. The molecule has 0 aliphatic rings. The molecule has 8 nitrogen and oxygen atoms in total. The Bertz CT molecular complexity index is 1440. The minimum absolute atomic E-state index is 0.0111. The molecule has 0 unspecified atom stereocenters. The highest BCUT2D eigenvalue weighted by Gasteiger charge is 2.25. The van der Waals surface area contributed by atoms with Crippen LogP contribution < -0.4 is 10.5 Å². The number of alkyl halides is 2. The van der Waals surface area contributed by atoms with Crippen molar-refractivity contribution in [2.45, 2.75) is 39.3 Å². The lowest BCUT2D eigenvalue weighted by molar-refractivity contribution is 0.146. The van der Waals surface area contributed by atoms with Gasteiger partial charge in [-0.2, -0.15) is 10.2 Å². The van der Waals surface area contributed by atoms with E-state index in [0.717, 1.165) is 0 Å². The van der Waals surface area contributed by atoms with Gasteiger partial charge in [0.15, 0.2) is 0 Å². The normalized spacial score (nSPS) is 11.5. The molecule has 3 aromatic heterocycles. The molecule has 4 rings (SSSR count). The van der Waals surface area contributed by atoms with Crippen LogP contribution in [0.1, 0.15) is 37.5 Å². The van der Waals surface area contributed by atoms with Crippen molar-refractivity contribution in [2.75, 3.05) is 5.73 Å². The Morgan fingerprint density at radius 3 is 2.50 bits per heavy atom. The van der Waals surface area contributed by atoms with Gasteiger partial charge in [-0.15, -0.1) is 0 Å². The maximum atomic E-state index is 13.6. The van der Waals surface area contributed by atoms with Gasteiger partial charge in [-0.25, -0.2) is 23.1 Å². The lowest BCUT2D eigenvalue weighted by Crippen LogP contribution is -2.26. The van der Waals surface area contributed by atoms with Crippen molar-refractivity contribution >= 4 is 5.95 Å². The third-order valence-corrected chi connectivity index (χ3v) is 5.43. The smallest absolute Gasteiger partial charge is 0.280 e. The van der Waals surface area contributed by atoms with Gasteiger partial charge in [0.25, 0.3) is 6.43 Å². The zero-order valence-electron chi connectivity index (χ0n) is 19.7. The standard InChI is InChI=1S/C25H22F3N7O/c1-14-10-16(11-18(32-14)22(27)28)20-21(15-4-6-17(26)7-5-15)33-24(30)34-23(20)36-12-19-31-8-9-35(19)25(2,3)13-29/h4-11,22H,12H2,1-3H3,(H2,30,33,34). The number of pyridine rings is 1. The summed E-state index contributed by atoms with van der Waals surface area (Å²) in [5.74, 6) is -0.136. The minimum Gasteiger partial charge on any atom is -0.469 e. The maximum absolute atomic E-state index is 13.6. The first-order valence-electron chi connectivity index (χ1n) is 10.9. The number of rotatable bonds is 7. The highest BCUT2D eigenvalue weighted by Crippen LogP contribution is 2.39. The fourth-order valence-electron chi connectivity index (χ4n) is 3.73. The topological polar surface area (TPSA) is 116 Å². The molecule has 0 radical (unpaired) electrons. The first-order chi connectivity index (χ1) is 17.1. The second-order valence-corrected chi connectivity index (χ2v) is 8.51. The van der Waals surface area contributed by atoms with E-state index in [-0.39, 0.29) is 29.7 Å². The minimum atomic E-state index is -2.81. The van der Waals surface area contributed by atoms with Crippen molar-refractivity contribution in [3.8, 4) is 34.3 Å². The van der Waals surface area contributed by atoms with Crippen molar-refractivity contribution in [1.82, 2.24) is 24.5 Å². The van der Waals surface area contributed by atoms with Gasteiger partial charge in [0.05, 0.1) is 17.3 Å². The van der Waals surface area contributed by atoms with Gasteiger partial charge in [0.2, 0.25) is 11.8 Å². The van der Waals surface area contributed by atoms with Crippen LogP contribution in [0.15, 0.2) is 48.8 Å². The quantitative estimate of drug-likeness (QED) is 0.376. The van der Waals surface area contributed by atoms with Gasteiger partial charge >= 0.3 is 0 Å². The van der Waals surface area contributed by atoms with E-state index in [1.54, 1.807) is 37.6 Å². The summed E-state index contributed by atoms with van der Waals surface area (Å²) in [6.07, 6.45) is 0.387. The number of hydrogen-bond acceptors (Lipinski definition) is 7. The van der Waals surface area contributed by atoms with Crippen LogP contribution in [-0.4, -0.2) is 24.5 Å². The van der Waals surface area contributed by atoms with Gasteiger partial charge < -0.3 is 15.0 Å². The number of nitrogens with two attached hydrogens (primary N) is 1. The fraction of sp³-hybridized carbons (Fsp3) is 0.240. The molecule has 0 saturated heterocycles. The lowest BCUT2D eigenvalue weighted by atomic mass is 9.99. The molecule has 0 amide bonds. The van der Waals surface area contributed by atoms with Crippen LogP contribution in [0.5, 0.6) is 5.88 Å². The third-order valence-electron chi connectivity index (χ3n) is 5.43. The van der Waals surface area contributed by atoms with Crippen LogP contribution in [-0.2, 0) is 12.1 Å². The number of imidazole rings is 1. The molecule has 184 valence electrons. The molecule has 4 aromatic rings. The molecule has 1 aromatic carbocycles. The van der Waals surface area contributed by atoms with Crippen LogP contribution in [0, 0.1) is 24.1 Å². The highest BCUT2D eigenvalue weighted by molar-refractivity contribution is 5.85. The Morgan fingerprint density at radius 1 is 1.11 bits per heavy atom. The summed E-state index contributed by atoms with van der Waals surface area (Å²) in [6, 6.07) is 10.5. The predicted molar refractivity (Wildman–Crippen MR) is 126 cm³/mol. The number of ether oxygens (including phenoxy) is 1. The fourth-order valence-corrected chi connectivity index (χ4v) is 3.73.